The van der Waals surface area contributed by atoms with Crippen molar-refractivity contribution in [2.24, 2.45) is 0 Å². The lowest BCUT2D eigenvalue weighted by Gasteiger charge is -2.13. The van der Waals surface area contributed by atoms with Gasteiger partial charge in [0, 0.05) is 24.0 Å². The van der Waals surface area contributed by atoms with Crippen LogP contribution in [0, 0.1) is 0 Å². The second-order valence-electron chi connectivity index (χ2n) is 5.81. The molecule has 3 aromatic rings. The van der Waals surface area contributed by atoms with Crippen LogP contribution in [0.1, 0.15) is 30.8 Å². The van der Waals surface area contributed by atoms with Crippen molar-refractivity contribution < 1.29 is 4.79 Å². The zero-order valence-electron chi connectivity index (χ0n) is 13.7. The van der Waals surface area contributed by atoms with E-state index in [-0.39, 0.29) is 11.9 Å². The van der Waals surface area contributed by atoms with Crippen molar-refractivity contribution in [1.29, 1.82) is 0 Å². The molecule has 2 N–H and O–H groups in total. The number of aromatic amines is 1. The zero-order valence-corrected chi connectivity index (χ0v) is 13.7. The second-order valence-corrected chi connectivity index (χ2v) is 5.81. The van der Waals surface area contributed by atoms with Gasteiger partial charge in [-0.1, -0.05) is 36.4 Å². The first-order valence-electron chi connectivity index (χ1n) is 8.16. The summed E-state index contributed by atoms with van der Waals surface area (Å²) in [5.41, 5.74) is 4.16. The van der Waals surface area contributed by atoms with Crippen LogP contribution < -0.4 is 5.32 Å². The van der Waals surface area contributed by atoms with E-state index in [0.717, 1.165) is 22.6 Å². The summed E-state index contributed by atoms with van der Waals surface area (Å²) in [4.78, 5) is 19.8. The number of carbonyl (C=O) groups excluding carboxylic acids is 1. The highest BCUT2D eigenvalue weighted by Gasteiger charge is 2.11. The van der Waals surface area contributed by atoms with Crippen LogP contribution >= 0.6 is 0 Å². The van der Waals surface area contributed by atoms with E-state index in [1.165, 1.54) is 0 Å². The molecule has 0 bridgehead atoms. The van der Waals surface area contributed by atoms with Gasteiger partial charge in [-0.2, -0.15) is 0 Å². The van der Waals surface area contributed by atoms with Crippen LogP contribution in [0.25, 0.3) is 11.3 Å². The Morgan fingerprint density at radius 2 is 1.88 bits per heavy atom. The van der Waals surface area contributed by atoms with Gasteiger partial charge in [-0.3, -0.25) is 9.78 Å². The Balaban J connectivity index is 1.53. The highest BCUT2D eigenvalue weighted by Crippen LogP contribution is 2.18. The number of aromatic nitrogens is 2. The molecule has 24 heavy (non-hydrogen) atoms. The largest absolute Gasteiger partial charge is 0.358 e. The number of hydrogen-bond donors (Lipinski definition) is 2. The Morgan fingerprint density at radius 1 is 1.08 bits per heavy atom. The van der Waals surface area contributed by atoms with Gasteiger partial charge in [0.2, 0.25) is 5.91 Å². The summed E-state index contributed by atoms with van der Waals surface area (Å²) in [7, 11) is 0. The van der Waals surface area contributed by atoms with Crippen LogP contribution in [0.3, 0.4) is 0 Å². The standard InChI is InChI=1S/C20H21N3O/c1-15(18-9-5-6-14-21-18)22-20(24)13-11-17-10-12-19(23-17)16-7-3-2-4-8-16/h2-10,12,14-15,23H,11,13H2,1H3,(H,22,24)/t15-/m1/s1. The minimum atomic E-state index is -0.0813. The van der Waals surface area contributed by atoms with Gasteiger partial charge in [0.15, 0.2) is 0 Å². The van der Waals surface area contributed by atoms with Crippen molar-refractivity contribution in [3.8, 4) is 11.3 Å². The SMILES string of the molecule is C[C@@H](NC(=O)CCc1ccc(-c2ccccc2)[nH]1)c1ccccn1. The topological polar surface area (TPSA) is 57.8 Å². The number of hydrogen-bond acceptors (Lipinski definition) is 2. The van der Waals surface area contributed by atoms with Gasteiger partial charge in [0.05, 0.1) is 11.7 Å². The predicted octanol–water partition coefficient (Wildman–Crippen LogP) is 3.89. The number of nitrogens with zero attached hydrogens (tertiary/aromatic N) is 1. The van der Waals surface area contributed by atoms with Crippen molar-refractivity contribution in [3.63, 3.8) is 0 Å². The molecule has 4 nitrogen and oxygen atoms in total. The molecule has 0 fully saturated rings. The van der Waals surface area contributed by atoms with E-state index in [0.29, 0.717) is 12.8 Å². The smallest absolute Gasteiger partial charge is 0.220 e. The molecule has 1 aromatic carbocycles. The van der Waals surface area contributed by atoms with Gasteiger partial charge >= 0.3 is 0 Å². The third-order valence-electron chi connectivity index (χ3n) is 3.96. The Morgan fingerprint density at radius 3 is 2.62 bits per heavy atom. The van der Waals surface area contributed by atoms with Crippen LogP contribution in [0.5, 0.6) is 0 Å². The van der Waals surface area contributed by atoms with Crippen LogP contribution in [-0.2, 0) is 11.2 Å². The first kappa shape index (κ1) is 16.0. The van der Waals surface area contributed by atoms with Gasteiger partial charge in [-0.25, -0.2) is 0 Å². The third kappa shape index (κ3) is 4.10. The normalized spacial score (nSPS) is 11.9. The van der Waals surface area contributed by atoms with Crippen LogP contribution in [0.2, 0.25) is 0 Å². The lowest BCUT2D eigenvalue weighted by Crippen LogP contribution is -2.27. The summed E-state index contributed by atoms with van der Waals surface area (Å²) in [6.07, 6.45) is 2.88. The number of amides is 1. The minimum Gasteiger partial charge on any atom is -0.358 e. The van der Waals surface area contributed by atoms with Crippen molar-refractivity contribution in [1.82, 2.24) is 15.3 Å². The molecule has 2 aromatic heterocycles. The monoisotopic (exact) mass is 319 g/mol. The fourth-order valence-electron chi connectivity index (χ4n) is 2.64. The lowest BCUT2D eigenvalue weighted by atomic mass is 10.2. The number of carbonyl (C=O) groups is 1. The number of benzene rings is 1. The van der Waals surface area contributed by atoms with Crippen molar-refractivity contribution >= 4 is 5.91 Å². The molecule has 0 spiro atoms. The molecule has 0 saturated heterocycles. The summed E-state index contributed by atoms with van der Waals surface area (Å²) < 4.78 is 0. The van der Waals surface area contributed by atoms with E-state index in [1.807, 2.05) is 49.4 Å². The zero-order chi connectivity index (χ0) is 16.8. The Hall–Kier alpha value is -2.88. The maximum Gasteiger partial charge on any atom is 0.220 e. The van der Waals surface area contributed by atoms with E-state index in [2.05, 4.69) is 33.5 Å². The number of aryl methyl sites for hydroxylation is 1. The summed E-state index contributed by atoms with van der Waals surface area (Å²) in [5.74, 6) is 0.0315. The molecule has 0 aliphatic heterocycles. The van der Waals surface area contributed by atoms with Gasteiger partial charge in [0.1, 0.15) is 0 Å². The van der Waals surface area contributed by atoms with Crippen LogP contribution in [0.4, 0.5) is 0 Å². The van der Waals surface area contributed by atoms with E-state index in [1.54, 1.807) is 6.20 Å². The van der Waals surface area contributed by atoms with Gasteiger partial charge in [-0.05, 0) is 43.2 Å². The average Bonchev–Trinajstić information content (AvgIpc) is 3.10. The fourth-order valence-corrected chi connectivity index (χ4v) is 2.64. The number of rotatable bonds is 6. The van der Waals surface area contributed by atoms with E-state index in [9.17, 15) is 4.79 Å². The maximum absolute atomic E-state index is 12.1. The van der Waals surface area contributed by atoms with Crippen molar-refractivity contribution in [3.05, 3.63) is 78.2 Å². The quantitative estimate of drug-likeness (QED) is 0.724. The third-order valence-corrected chi connectivity index (χ3v) is 3.96. The molecule has 0 unspecified atom stereocenters. The summed E-state index contributed by atoms with van der Waals surface area (Å²) in [6, 6.07) is 19.9. The highest BCUT2D eigenvalue weighted by atomic mass is 16.1. The second kappa shape index (κ2) is 7.59. The molecule has 1 atom stereocenters. The molecular formula is C20H21N3O. The Bertz CT molecular complexity index is 781. The molecule has 0 aliphatic rings. The molecule has 0 radical (unpaired) electrons. The molecule has 0 saturated carbocycles. The van der Waals surface area contributed by atoms with Gasteiger partial charge in [0.25, 0.3) is 0 Å². The van der Waals surface area contributed by atoms with E-state index in [4.69, 9.17) is 0 Å². The first-order valence-corrected chi connectivity index (χ1v) is 8.16. The summed E-state index contributed by atoms with van der Waals surface area (Å²) in [5, 5.41) is 2.99. The maximum atomic E-state index is 12.1. The molecule has 3 rings (SSSR count). The molecular weight excluding hydrogens is 298 g/mol. The lowest BCUT2D eigenvalue weighted by molar-refractivity contribution is -0.121. The minimum absolute atomic E-state index is 0.0315. The Kier molecular flexibility index (Phi) is 5.06. The van der Waals surface area contributed by atoms with Gasteiger partial charge < -0.3 is 10.3 Å². The molecule has 0 aliphatic carbocycles. The van der Waals surface area contributed by atoms with E-state index >= 15 is 0 Å². The van der Waals surface area contributed by atoms with Crippen LogP contribution in [-0.4, -0.2) is 15.9 Å². The average molecular weight is 319 g/mol. The number of nitrogens with one attached hydrogen (secondary N) is 2. The molecule has 2 heterocycles. The summed E-state index contributed by atoms with van der Waals surface area (Å²) >= 11 is 0. The van der Waals surface area contributed by atoms with Crippen molar-refractivity contribution in [2.45, 2.75) is 25.8 Å². The van der Waals surface area contributed by atoms with Crippen LogP contribution in [0.15, 0.2) is 66.9 Å². The van der Waals surface area contributed by atoms with Crippen molar-refractivity contribution in [2.75, 3.05) is 0 Å². The number of H-pyrrole nitrogens is 1. The molecule has 122 valence electrons. The molecule has 4 heteroatoms. The molecule has 1 amide bonds. The Labute approximate surface area is 142 Å². The summed E-state index contributed by atoms with van der Waals surface area (Å²) in [6.45, 7) is 1.95. The highest BCUT2D eigenvalue weighted by molar-refractivity contribution is 5.76. The van der Waals surface area contributed by atoms with E-state index < -0.39 is 0 Å². The fraction of sp³-hybridized carbons (Fsp3) is 0.200. The first-order chi connectivity index (χ1) is 11.7. The number of pyridine rings is 1. The predicted molar refractivity (Wildman–Crippen MR) is 95.3 cm³/mol. The van der Waals surface area contributed by atoms with Gasteiger partial charge in [-0.15, -0.1) is 0 Å².